The van der Waals surface area contributed by atoms with E-state index in [-0.39, 0.29) is 6.04 Å². The molecule has 84 valence electrons. The minimum absolute atomic E-state index is 0.0975. The summed E-state index contributed by atoms with van der Waals surface area (Å²) < 4.78 is 0.826. The second kappa shape index (κ2) is 5.06. The van der Waals surface area contributed by atoms with Crippen LogP contribution in [0.5, 0.6) is 0 Å². The van der Waals surface area contributed by atoms with Crippen LogP contribution in [0, 0.1) is 0 Å². The number of thioether (sulfide) groups is 1. The van der Waals surface area contributed by atoms with Gasteiger partial charge in [-0.15, -0.1) is 11.3 Å². The molecule has 0 radical (unpaired) electrons. The predicted molar refractivity (Wildman–Crippen MR) is 70.0 cm³/mol. The van der Waals surface area contributed by atoms with Gasteiger partial charge in [-0.1, -0.05) is 11.6 Å². The first-order valence-electron chi connectivity index (χ1n) is 4.97. The molecule has 15 heavy (non-hydrogen) atoms. The van der Waals surface area contributed by atoms with Crippen molar-refractivity contribution in [2.45, 2.75) is 12.1 Å². The van der Waals surface area contributed by atoms with E-state index in [9.17, 15) is 0 Å². The van der Waals surface area contributed by atoms with Gasteiger partial charge in [0.15, 0.2) is 0 Å². The van der Waals surface area contributed by atoms with E-state index in [0.717, 1.165) is 16.6 Å². The SMILES string of the molecule is CN1CCSCC1C(N)c1ccc(Cl)s1. The zero-order valence-electron chi connectivity index (χ0n) is 8.65. The van der Waals surface area contributed by atoms with Crippen LogP contribution in [-0.2, 0) is 0 Å². The molecule has 1 fully saturated rings. The van der Waals surface area contributed by atoms with Gasteiger partial charge in [-0.05, 0) is 19.2 Å². The van der Waals surface area contributed by atoms with Gasteiger partial charge in [-0.2, -0.15) is 11.8 Å². The van der Waals surface area contributed by atoms with Crippen LogP contribution in [0.1, 0.15) is 10.9 Å². The molecule has 1 aromatic rings. The van der Waals surface area contributed by atoms with Gasteiger partial charge in [0.1, 0.15) is 0 Å². The third kappa shape index (κ3) is 2.68. The van der Waals surface area contributed by atoms with Crippen LogP contribution in [0.25, 0.3) is 0 Å². The van der Waals surface area contributed by atoms with Crippen molar-refractivity contribution in [3.8, 4) is 0 Å². The lowest BCUT2D eigenvalue weighted by atomic mass is 10.1. The summed E-state index contributed by atoms with van der Waals surface area (Å²) in [6.07, 6.45) is 0. The number of likely N-dealkylation sites (N-methyl/N-ethyl adjacent to an activating group) is 1. The van der Waals surface area contributed by atoms with E-state index in [4.69, 9.17) is 17.3 Å². The highest BCUT2D eigenvalue weighted by Crippen LogP contribution is 2.31. The Hall–Kier alpha value is 0.260. The summed E-state index contributed by atoms with van der Waals surface area (Å²) in [5.41, 5.74) is 6.27. The summed E-state index contributed by atoms with van der Waals surface area (Å²) in [7, 11) is 2.15. The second-order valence-electron chi connectivity index (χ2n) is 3.79. The third-order valence-electron chi connectivity index (χ3n) is 2.78. The molecule has 2 heterocycles. The Morgan fingerprint density at radius 3 is 3.00 bits per heavy atom. The van der Waals surface area contributed by atoms with Gasteiger partial charge in [-0.3, -0.25) is 4.90 Å². The predicted octanol–water partition coefficient (Wildman–Crippen LogP) is 2.45. The van der Waals surface area contributed by atoms with Crippen LogP contribution in [0.3, 0.4) is 0 Å². The first-order valence-corrected chi connectivity index (χ1v) is 7.32. The van der Waals surface area contributed by atoms with Crippen molar-refractivity contribution in [3.63, 3.8) is 0 Å². The Morgan fingerprint density at radius 1 is 1.60 bits per heavy atom. The van der Waals surface area contributed by atoms with E-state index in [2.05, 4.69) is 11.9 Å². The molecule has 1 saturated heterocycles. The molecule has 0 saturated carbocycles. The number of nitrogens with two attached hydrogens (primary N) is 1. The molecule has 0 aliphatic carbocycles. The molecule has 0 amide bonds. The molecular formula is C10H15ClN2S2. The molecule has 1 aliphatic heterocycles. The molecule has 0 spiro atoms. The van der Waals surface area contributed by atoms with Gasteiger partial charge in [0.05, 0.1) is 10.4 Å². The molecule has 5 heteroatoms. The monoisotopic (exact) mass is 262 g/mol. The highest BCUT2D eigenvalue weighted by molar-refractivity contribution is 7.99. The summed E-state index contributed by atoms with van der Waals surface area (Å²) in [6.45, 7) is 1.13. The summed E-state index contributed by atoms with van der Waals surface area (Å²) in [5, 5.41) is 0. The molecular weight excluding hydrogens is 248 g/mol. The number of thiophene rings is 1. The van der Waals surface area contributed by atoms with Crippen molar-refractivity contribution >= 4 is 34.7 Å². The molecule has 0 bridgehead atoms. The van der Waals surface area contributed by atoms with E-state index in [1.807, 2.05) is 23.9 Å². The number of halogens is 1. The van der Waals surface area contributed by atoms with Gasteiger partial charge in [0, 0.05) is 29.0 Å². The molecule has 2 nitrogen and oxygen atoms in total. The maximum atomic E-state index is 6.27. The first kappa shape index (κ1) is 11.7. The molecule has 2 N–H and O–H groups in total. The summed E-state index contributed by atoms with van der Waals surface area (Å²) >= 11 is 9.51. The third-order valence-corrected chi connectivity index (χ3v) is 5.16. The van der Waals surface area contributed by atoms with E-state index in [1.165, 1.54) is 10.6 Å². The van der Waals surface area contributed by atoms with Crippen molar-refractivity contribution in [2.75, 3.05) is 25.1 Å². The average molecular weight is 263 g/mol. The summed E-state index contributed by atoms with van der Waals surface area (Å²) in [6, 6.07) is 4.51. The zero-order chi connectivity index (χ0) is 10.8. The number of hydrogen-bond acceptors (Lipinski definition) is 4. The zero-order valence-corrected chi connectivity index (χ0v) is 11.0. The minimum Gasteiger partial charge on any atom is -0.322 e. The fourth-order valence-electron chi connectivity index (χ4n) is 1.78. The van der Waals surface area contributed by atoms with Gasteiger partial charge >= 0.3 is 0 Å². The number of nitrogens with zero attached hydrogens (tertiary/aromatic N) is 1. The summed E-state index contributed by atoms with van der Waals surface area (Å²) in [5.74, 6) is 2.33. The van der Waals surface area contributed by atoms with Crippen LogP contribution in [0.2, 0.25) is 4.34 Å². The van der Waals surface area contributed by atoms with E-state index >= 15 is 0 Å². The minimum atomic E-state index is 0.0975. The lowest BCUT2D eigenvalue weighted by Gasteiger charge is -2.35. The van der Waals surface area contributed by atoms with Gasteiger partial charge in [0.25, 0.3) is 0 Å². The number of rotatable bonds is 2. The largest absolute Gasteiger partial charge is 0.322 e. The van der Waals surface area contributed by atoms with Crippen LogP contribution in [0.4, 0.5) is 0 Å². The smallest absolute Gasteiger partial charge is 0.0931 e. The molecule has 0 aromatic carbocycles. The van der Waals surface area contributed by atoms with Gasteiger partial charge in [-0.25, -0.2) is 0 Å². The Morgan fingerprint density at radius 2 is 2.40 bits per heavy atom. The Kier molecular flexibility index (Phi) is 3.96. The fraction of sp³-hybridized carbons (Fsp3) is 0.600. The Labute approximate surface area is 104 Å². The highest BCUT2D eigenvalue weighted by atomic mass is 35.5. The Bertz CT molecular complexity index is 329. The van der Waals surface area contributed by atoms with Crippen molar-refractivity contribution in [3.05, 3.63) is 21.3 Å². The standard InChI is InChI=1S/C10H15ClN2S2/c1-13-4-5-14-6-7(13)10(12)8-2-3-9(11)15-8/h2-3,7,10H,4-6,12H2,1H3. The molecule has 2 unspecified atom stereocenters. The van der Waals surface area contributed by atoms with E-state index < -0.39 is 0 Å². The van der Waals surface area contributed by atoms with Crippen molar-refractivity contribution in [1.82, 2.24) is 4.90 Å². The van der Waals surface area contributed by atoms with Crippen LogP contribution in [-0.4, -0.2) is 36.0 Å². The second-order valence-corrected chi connectivity index (χ2v) is 6.69. The normalized spacial score (nSPS) is 25.4. The van der Waals surface area contributed by atoms with Gasteiger partial charge < -0.3 is 5.73 Å². The van der Waals surface area contributed by atoms with E-state index in [0.29, 0.717) is 6.04 Å². The lowest BCUT2D eigenvalue weighted by Crippen LogP contribution is -2.45. The van der Waals surface area contributed by atoms with E-state index in [1.54, 1.807) is 11.3 Å². The van der Waals surface area contributed by atoms with Crippen molar-refractivity contribution < 1.29 is 0 Å². The van der Waals surface area contributed by atoms with Crippen molar-refractivity contribution in [1.29, 1.82) is 0 Å². The van der Waals surface area contributed by atoms with Crippen molar-refractivity contribution in [2.24, 2.45) is 5.73 Å². The summed E-state index contributed by atoms with van der Waals surface area (Å²) in [4.78, 5) is 3.55. The fourth-order valence-corrected chi connectivity index (χ4v) is 4.19. The first-order chi connectivity index (χ1) is 7.18. The lowest BCUT2D eigenvalue weighted by molar-refractivity contribution is 0.239. The molecule has 2 rings (SSSR count). The van der Waals surface area contributed by atoms with Crippen LogP contribution < -0.4 is 5.73 Å². The quantitative estimate of drug-likeness (QED) is 0.888. The topological polar surface area (TPSA) is 29.3 Å². The van der Waals surface area contributed by atoms with Gasteiger partial charge in [0.2, 0.25) is 0 Å². The molecule has 2 atom stereocenters. The average Bonchev–Trinajstić information content (AvgIpc) is 2.65. The maximum absolute atomic E-state index is 6.27. The van der Waals surface area contributed by atoms with Crippen LogP contribution in [0.15, 0.2) is 12.1 Å². The molecule has 1 aromatic heterocycles. The van der Waals surface area contributed by atoms with Crippen LogP contribution >= 0.6 is 34.7 Å². The number of hydrogen-bond donors (Lipinski definition) is 1. The molecule has 1 aliphatic rings. The maximum Gasteiger partial charge on any atom is 0.0931 e. The Balaban J connectivity index is 2.09. The highest BCUT2D eigenvalue weighted by Gasteiger charge is 2.27.